The van der Waals surface area contributed by atoms with Gasteiger partial charge in [0, 0.05) is 23.5 Å². The minimum Gasteiger partial charge on any atom is -0.478 e. The number of nitrogens with zero attached hydrogens (tertiary/aromatic N) is 1. The maximum absolute atomic E-state index is 13.2. The molecule has 0 aliphatic rings. The number of hydrogen-bond donors (Lipinski definition) is 1. The molecule has 3 nitrogen and oxygen atoms in total. The Hall–Kier alpha value is -2.01. The van der Waals surface area contributed by atoms with E-state index in [2.05, 4.69) is 4.98 Å². The molecule has 0 bridgehead atoms. The Morgan fingerprint density at radius 3 is 2.56 bits per heavy atom. The van der Waals surface area contributed by atoms with Crippen molar-refractivity contribution in [2.24, 2.45) is 0 Å². The molecule has 0 saturated carbocycles. The number of rotatable bonds is 2. The van der Waals surface area contributed by atoms with Crippen molar-refractivity contribution in [3.63, 3.8) is 0 Å². The maximum Gasteiger partial charge on any atom is 0.336 e. The molecule has 0 aliphatic carbocycles. The predicted octanol–water partition coefficient (Wildman–Crippen LogP) is 3.38. The first-order valence-corrected chi connectivity index (χ1v) is 5.20. The number of benzene rings is 1. The molecule has 0 amide bonds. The Morgan fingerprint density at radius 2 is 1.89 bits per heavy atom. The summed E-state index contributed by atoms with van der Waals surface area (Å²) in [4.78, 5) is 14.8. The van der Waals surface area contributed by atoms with Gasteiger partial charge in [0.1, 0.15) is 0 Å². The third kappa shape index (κ3) is 2.17. The van der Waals surface area contributed by atoms with Gasteiger partial charge in [-0.2, -0.15) is 0 Å². The number of carboxylic acid groups (broad SMARTS) is 1. The summed E-state index contributed by atoms with van der Waals surface area (Å²) >= 11 is 5.79. The molecule has 92 valence electrons. The number of carbonyl (C=O) groups is 1. The lowest BCUT2D eigenvalue weighted by Crippen LogP contribution is -2.01. The molecule has 2 rings (SSSR count). The fraction of sp³-hybridized carbons (Fsp3) is 0. The van der Waals surface area contributed by atoms with Crippen LogP contribution in [0, 0.1) is 11.6 Å². The largest absolute Gasteiger partial charge is 0.478 e. The van der Waals surface area contributed by atoms with E-state index in [1.807, 2.05) is 0 Å². The zero-order valence-corrected chi connectivity index (χ0v) is 9.58. The van der Waals surface area contributed by atoms with Crippen molar-refractivity contribution < 1.29 is 18.7 Å². The van der Waals surface area contributed by atoms with Gasteiger partial charge in [-0.25, -0.2) is 13.6 Å². The van der Waals surface area contributed by atoms with E-state index >= 15 is 0 Å². The van der Waals surface area contributed by atoms with Crippen LogP contribution in [0.15, 0.2) is 30.6 Å². The average Bonchev–Trinajstić information content (AvgIpc) is 2.34. The molecule has 0 spiro atoms. The Bertz CT molecular complexity index is 631. The molecule has 1 heterocycles. The molecule has 0 unspecified atom stereocenters. The molecule has 1 N–H and O–H groups in total. The molecule has 0 saturated heterocycles. The zero-order chi connectivity index (χ0) is 13.3. The first kappa shape index (κ1) is 12.4. The van der Waals surface area contributed by atoms with E-state index in [1.54, 1.807) is 0 Å². The van der Waals surface area contributed by atoms with Crippen LogP contribution in [0.5, 0.6) is 0 Å². The van der Waals surface area contributed by atoms with E-state index in [0.29, 0.717) is 0 Å². The van der Waals surface area contributed by atoms with E-state index in [0.717, 1.165) is 12.1 Å². The summed E-state index contributed by atoms with van der Waals surface area (Å²) < 4.78 is 26.1. The Kier molecular flexibility index (Phi) is 3.25. The van der Waals surface area contributed by atoms with Gasteiger partial charge in [-0.15, -0.1) is 0 Å². The summed E-state index contributed by atoms with van der Waals surface area (Å²) in [7, 11) is 0. The molecule has 18 heavy (non-hydrogen) atoms. The first-order chi connectivity index (χ1) is 8.50. The second kappa shape index (κ2) is 4.70. The van der Waals surface area contributed by atoms with Crippen LogP contribution in [0.1, 0.15) is 10.4 Å². The number of pyridine rings is 1. The molecule has 0 fully saturated rings. The van der Waals surface area contributed by atoms with Crippen LogP contribution in [0.25, 0.3) is 11.1 Å². The molecular weight excluding hydrogens is 264 g/mol. The highest BCUT2D eigenvalue weighted by Crippen LogP contribution is 2.31. The highest BCUT2D eigenvalue weighted by molar-refractivity contribution is 6.33. The molecule has 2 aromatic rings. The van der Waals surface area contributed by atoms with Crippen LogP contribution in [-0.4, -0.2) is 16.1 Å². The van der Waals surface area contributed by atoms with E-state index in [9.17, 15) is 13.6 Å². The van der Waals surface area contributed by atoms with Gasteiger partial charge in [0.25, 0.3) is 0 Å². The number of hydrogen-bond acceptors (Lipinski definition) is 2. The summed E-state index contributed by atoms with van der Waals surface area (Å²) in [5.74, 6) is -3.40. The van der Waals surface area contributed by atoms with Crippen molar-refractivity contribution in [1.29, 1.82) is 0 Å². The van der Waals surface area contributed by atoms with Crippen molar-refractivity contribution in [3.8, 4) is 11.1 Å². The van der Waals surface area contributed by atoms with Gasteiger partial charge >= 0.3 is 5.97 Å². The molecule has 6 heteroatoms. The van der Waals surface area contributed by atoms with Crippen LogP contribution in [0.4, 0.5) is 8.78 Å². The highest BCUT2D eigenvalue weighted by atomic mass is 35.5. The summed E-state index contributed by atoms with van der Waals surface area (Å²) in [5, 5.41) is 8.92. The van der Waals surface area contributed by atoms with Crippen LogP contribution < -0.4 is 0 Å². The lowest BCUT2D eigenvalue weighted by atomic mass is 10.0. The zero-order valence-electron chi connectivity index (χ0n) is 8.82. The third-order valence-electron chi connectivity index (χ3n) is 2.35. The minimum atomic E-state index is -1.20. The maximum atomic E-state index is 13.2. The number of halogens is 3. The summed E-state index contributed by atoms with van der Waals surface area (Å²) in [6.45, 7) is 0. The van der Waals surface area contributed by atoms with Crippen molar-refractivity contribution in [1.82, 2.24) is 4.98 Å². The number of aromatic nitrogens is 1. The van der Waals surface area contributed by atoms with Crippen molar-refractivity contribution in [3.05, 3.63) is 52.8 Å². The lowest BCUT2D eigenvalue weighted by molar-refractivity contribution is 0.0697. The Balaban J connectivity index is 2.69. The standard InChI is InChI=1S/C12H6ClF2NO2/c13-9-4-11(15)10(14)3-7(9)8-5-16-2-1-6(8)12(17)18/h1-5H,(H,17,18). The van der Waals surface area contributed by atoms with Gasteiger partial charge in [0.2, 0.25) is 0 Å². The second-order valence-corrected chi connectivity index (χ2v) is 3.88. The quantitative estimate of drug-likeness (QED) is 0.850. The van der Waals surface area contributed by atoms with Crippen LogP contribution >= 0.6 is 11.6 Å². The molecule has 0 radical (unpaired) electrons. The smallest absolute Gasteiger partial charge is 0.336 e. The van der Waals surface area contributed by atoms with Crippen LogP contribution in [0.2, 0.25) is 5.02 Å². The third-order valence-corrected chi connectivity index (χ3v) is 2.66. The SMILES string of the molecule is O=C(O)c1ccncc1-c1cc(F)c(F)cc1Cl. The monoisotopic (exact) mass is 269 g/mol. The normalized spacial score (nSPS) is 10.4. The summed E-state index contributed by atoms with van der Waals surface area (Å²) in [5.41, 5.74) is 0.132. The van der Waals surface area contributed by atoms with Gasteiger partial charge in [-0.05, 0) is 18.2 Å². The fourth-order valence-electron chi connectivity index (χ4n) is 1.52. The van der Waals surface area contributed by atoms with E-state index in [1.165, 1.54) is 18.5 Å². The average molecular weight is 270 g/mol. The van der Waals surface area contributed by atoms with Gasteiger partial charge in [0.05, 0.1) is 10.6 Å². The topological polar surface area (TPSA) is 50.2 Å². The highest BCUT2D eigenvalue weighted by Gasteiger charge is 2.16. The number of carboxylic acids is 1. The summed E-state index contributed by atoms with van der Waals surface area (Å²) in [6, 6.07) is 2.90. The van der Waals surface area contributed by atoms with E-state index in [4.69, 9.17) is 16.7 Å². The lowest BCUT2D eigenvalue weighted by Gasteiger charge is -2.08. The van der Waals surface area contributed by atoms with Crippen molar-refractivity contribution >= 4 is 17.6 Å². The van der Waals surface area contributed by atoms with Gasteiger partial charge in [-0.1, -0.05) is 11.6 Å². The second-order valence-electron chi connectivity index (χ2n) is 3.47. The van der Waals surface area contributed by atoms with Gasteiger partial charge in [0.15, 0.2) is 11.6 Å². The van der Waals surface area contributed by atoms with Gasteiger partial charge in [-0.3, -0.25) is 4.98 Å². The fourth-order valence-corrected chi connectivity index (χ4v) is 1.78. The van der Waals surface area contributed by atoms with E-state index < -0.39 is 17.6 Å². The molecule has 1 aromatic heterocycles. The molecule has 0 aliphatic heterocycles. The first-order valence-electron chi connectivity index (χ1n) is 4.83. The molecule has 0 atom stereocenters. The summed E-state index contributed by atoms with van der Waals surface area (Å²) in [6.07, 6.45) is 2.53. The minimum absolute atomic E-state index is 0.0793. The van der Waals surface area contributed by atoms with Gasteiger partial charge < -0.3 is 5.11 Å². The van der Waals surface area contributed by atoms with Crippen molar-refractivity contribution in [2.75, 3.05) is 0 Å². The molecular formula is C12H6ClF2NO2. The van der Waals surface area contributed by atoms with Crippen LogP contribution in [-0.2, 0) is 0 Å². The Morgan fingerprint density at radius 1 is 1.22 bits per heavy atom. The van der Waals surface area contributed by atoms with Crippen molar-refractivity contribution in [2.45, 2.75) is 0 Å². The Labute approximate surface area is 106 Å². The molecule has 1 aromatic carbocycles. The van der Waals surface area contributed by atoms with E-state index in [-0.39, 0.29) is 21.7 Å². The number of aromatic carboxylic acids is 1. The van der Waals surface area contributed by atoms with Crippen LogP contribution in [0.3, 0.4) is 0 Å². The predicted molar refractivity (Wildman–Crippen MR) is 61.6 cm³/mol.